The fourth-order valence-corrected chi connectivity index (χ4v) is 0.722. The molecule has 5 nitrogen and oxygen atoms in total. The van der Waals surface area contributed by atoms with E-state index in [0.717, 1.165) is 0 Å². The molecule has 1 atom stereocenters. The monoisotopic (exact) mass is 178 g/mol. The molecule has 0 saturated carbocycles. The average Bonchev–Trinajstić information content (AvgIpc) is 1.85. The fourth-order valence-electron chi connectivity index (χ4n) is 0.429. The number of nitrogens with one attached hydrogen (secondary N) is 1. The Bertz CT molecular complexity index is 181. The number of carbonyl (C=O) groups is 1. The Morgan fingerprint density at radius 3 is 2.82 bits per heavy atom. The van der Waals surface area contributed by atoms with Crippen LogP contribution in [-0.4, -0.2) is 21.2 Å². The van der Waals surface area contributed by atoms with Crippen molar-refractivity contribution in [3.8, 4) is 0 Å². The molecular weight excluding hydrogens is 168 g/mol. The first-order chi connectivity index (χ1) is 5.13. The van der Waals surface area contributed by atoms with Gasteiger partial charge in [0.25, 0.3) is 0 Å². The Hall–Kier alpha value is -0.720. The van der Waals surface area contributed by atoms with Crippen molar-refractivity contribution in [1.82, 2.24) is 4.72 Å². The number of hydrogen-bond donors (Lipinski definition) is 3. The van der Waals surface area contributed by atoms with Gasteiger partial charge in [-0.25, -0.2) is 8.93 Å². The van der Waals surface area contributed by atoms with Crippen molar-refractivity contribution in [2.24, 2.45) is 5.73 Å². The van der Waals surface area contributed by atoms with Gasteiger partial charge in [-0.1, -0.05) is 6.08 Å². The molecule has 4 N–H and O–H groups in total. The number of carbonyl (C=O) groups excluding carboxylic acids is 1. The van der Waals surface area contributed by atoms with Crippen molar-refractivity contribution >= 4 is 17.2 Å². The summed E-state index contributed by atoms with van der Waals surface area (Å²) in [6, 6.07) is 0. The summed E-state index contributed by atoms with van der Waals surface area (Å²) in [7, 11) is 0. The van der Waals surface area contributed by atoms with Gasteiger partial charge in [-0.15, -0.1) is 0 Å². The minimum absolute atomic E-state index is 0.340. The molecular formula is C5H10N2O3S. The Balaban J connectivity index is 3.27. The lowest BCUT2D eigenvalue weighted by Crippen LogP contribution is -2.16. The minimum atomic E-state index is -1.98. The highest BCUT2D eigenvalue weighted by molar-refractivity contribution is 7.77. The fraction of sp³-hybridized carbons (Fsp3) is 0.400. The molecule has 0 saturated heterocycles. The molecule has 1 amide bonds. The summed E-state index contributed by atoms with van der Waals surface area (Å²) in [5.41, 5.74) is 4.78. The molecule has 0 rings (SSSR count). The van der Waals surface area contributed by atoms with Gasteiger partial charge in [0.1, 0.15) is 0 Å². The Labute approximate surface area is 67.1 Å². The van der Waals surface area contributed by atoms with Gasteiger partial charge < -0.3 is 5.73 Å². The predicted octanol–water partition coefficient (Wildman–Crippen LogP) is -0.856. The van der Waals surface area contributed by atoms with Crippen molar-refractivity contribution in [3.63, 3.8) is 0 Å². The maximum Gasteiger partial charge on any atom is 0.241 e. The molecule has 0 aliphatic rings. The quantitative estimate of drug-likeness (QED) is 0.291. The summed E-state index contributed by atoms with van der Waals surface area (Å²) in [5, 5.41) is 0. The molecule has 0 aromatic rings. The second kappa shape index (κ2) is 6.02. The third-order valence-corrected chi connectivity index (χ3v) is 1.27. The zero-order valence-corrected chi connectivity index (χ0v) is 6.63. The van der Waals surface area contributed by atoms with Crippen LogP contribution in [0.4, 0.5) is 0 Å². The van der Waals surface area contributed by atoms with Crippen LogP contribution in [0.3, 0.4) is 0 Å². The van der Waals surface area contributed by atoms with E-state index in [1.54, 1.807) is 0 Å². The van der Waals surface area contributed by atoms with Gasteiger partial charge in [0.15, 0.2) is 0 Å². The molecule has 0 heterocycles. The zero-order valence-electron chi connectivity index (χ0n) is 5.82. The first-order valence-corrected chi connectivity index (χ1v) is 4.04. The Kier molecular flexibility index (Phi) is 5.63. The molecule has 11 heavy (non-hydrogen) atoms. The van der Waals surface area contributed by atoms with Crippen LogP contribution in [0.25, 0.3) is 0 Å². The van der Waals surface area contributed by atoms with E-state index in [9.17, 15) is 9.00 Å². The third-order valence-electron chi connectivity index (χ3n) is 0.819. The molecule has 6 heteroatoms. The van der Waals surface area contributed by atoms with Crippen molar-refractivity contribution in [1.29, 1.82) is 0 Å². The second-order valence-corrected chi connectivity index (χ2v) is 2.52. The van der Waals surface area contributed by atoms with Crippen molar-refractivity contribution < 1.29 is 13.6 Å². The lowest BCUT2D eigenvalue weighted by molar-refractivity contribution is -0.113. The number of hydrogen-bond acceptors (Lipinski definition) is 2. The first kappa shape index (κ1) is 10.3. The highest BCUT2D eigenvalue weighted by atomic mass is 32.2. The lowest BCUT2D eigenvalue weighted by Gasteiger charge is -1.92. The van der Waals surface area contributed by atoms with Crippen LogP contribution < -0.4 is 10.5 Å². The lowest BCUT2D eigenvalue weighted by atomic mass is 10.4. The summed E-state index contributed by atoms with van der Waals surface area (Å²) >= 11 is -1.98. The summed E-state index contributed by atoms with van der Waals surface area (Å²) < 4.78 is 20.4. The van der Waals surface area contributed by atoms with Crippen LogP contribution >= 0.6 is 0 Å². The van der Waals surface area contributed by atoms with Crippen molar-refractivity contribution in [3.05, 3.63) is 12.2 Å². The van der Waals surface area contributed by atoms with Crippen molar-refractivity contribution in [2.75, 3.05) is 6.54 Å². The van der Waals surface area contributed by atoms with E-state index < -0.39 is 17.2 Å². The molecule has 64 valence electrons. The zero-order chi connectivity index (χ0) is 8.69. The summed E-state index contributed by atoms with van der Waals surface area (Å²) in [4.78, 5) is 10.1. The van der Waals surface area contributed by atoms with E-state index in [0.29, 0.717) is 13.0 Å². The van der Waals surface area contributed by atoms with Gasteiger partial charge in [0.05, 0.1) is 0 Å². The van der Waals surface area contributed by atoms with E-state index in [2.05, 4.69) is 4.72 Å². The van der Waals surface area contributed by atoms with Gasteiger partial charge in [-0.3, -0.25) is 9.35 Å². The van der Waals surface area contributed by atoms with E-state index in [-0.39, 0.29) is 0 Å². The maximum absolute atomic E-state index is 10.1. The van der Waals surface area contributed by atoms with Crippen molar-refractivity contribution in [2.45, 2.75) is 6.42 Å². The van der Waals surface area contributed by atoms with E-state index >= 15 is 0 Å². The maximum atomic E-state index is 10.1. The van der Waals surface area contributed by atoms with Crippen LogP contribution in [0.1, 0.15) is 6.42 Å². The predicted molar refractivity (Wildman–Crippen MR) is 41.7 cm³/mol. The minimum Gasteiger partial charge on any atom is -0.366 e. The van der Waals surface area contributed by atoms with Crippen LogP contribution in [0.15, 0.2) is 12.2 Å². The standard InChI is InChI=1S/C5H10N2O3S/c6-5(8)3-1-2-4-7-11(9)10/h1,3,7H,2,4H2,(H2,6,8)(H,9,10). The second-order valence-electron chi connectivity index (χ2n) is 1.74. The van der Waals surface area contributed by atoms with Gasteiger partial charge in [0.2, 0.25) is 17.2 Å². The Morgan fingerprint density at radius 2 is 2.36 bits per heavy atom. The highest BCUT2D eigenvalue weighted by Gasteiger charge is 1.88. The SMILES string of the molecule is NC(=O)C=CCCNS(=O)O. The van der Waals surface area contributed by atoms with E-state index in [4.69, 9.17) is 10.3 Å². The number of nitrogens with two attached hydrogens (primary N) is 1. The molecule has 0 fully saturated rings. The van der Waals surface area contributed by atoms with Gasteiger partial charge in [0, 0.05) is 6.54 Å². The molecule has 0 bridgehead atoms. The molecule has 1 unspecified atom stereocenters. The molecule has 0 aliphatic heterocycles. The largest absolute Gasteiger partial charge is 0.366 e. The smallest absolute Gasteiger partial charge is 0.241 e. The molecule has 0 aliphatic carbocycles. The first-order valence-electron chi connectivity index (χ1n) is 2.93. The van der Waals surface area contributed by atoms with Crippen LogP contribution in [-0.2, 0) is 16.1 Å². The average molecular weight is 178 g/mol. The molecule has 0 radical (unpaired) electrons. The molecule has 0 spiro atoms. The molecule has 0 aromatic carbocycles. The van der Waals surface area contributed by atoms with Crippen LogP contribution in [0, 0.1) is 0 Å². The summed E-state index contributed by atoms with van der Waals surface area (Å²) in [5.74, 6) is -0.518. The number of primary amides is 1. The third kappa shape index (κ3) is 9.28. The topological polar surface area (TPSA) is 92.4 Å². The van der Waals surface area contributed by atoms with Gasteiger partial charge in [-0.2, -0.15) is 0 Å². The number of rotatable bonds is 5. The number of amides is 1. The van der Waals surface area contributed by atoms with Crippen LogP contribution in [0.5, 0.6) is 0 Å². The van der Waals surface area contributed by atoms with E-state index in [1.807, 2.05) is 0 Å². The summed E-state index contributed by atoms with van der Waals surface area (Å²) in [6.07, 6.45) is 3.24. The Morgan fingerprint density at radius 1 is 1.73 bits per heavy atom. The normalized spacial score (nSPS) is 13.5. The highest BCUT2D eigenvalue weighted by Crippen LogP contribution is 1.79. The van der Waals surface area contributed by atoms with Gasteiger partial charge in [-0.05, 0) is 12.5 Å². The van der Waals surface area contributed by atoms with Gasteiger partial charge >= 0.3 is 0 Å². The van der Waals surface area contributed by atoms with E-state index in [1.165, 1.54) is 12.2 Å². The summed E-state index contributed by atoms with van der Waals surface area (Å²) in [6.45, 7) is 0.340. The van der Waals surface area contributed by atoms with Crippen LogP contribution in [0.2, 0.25) is 0 Å². The molecule has 0 aromatic heterocycles.